The van der Waals surface area contributed by atoms with Gasteiger partial charge in [-0.1, -0.05) is 23.2 Å². The largest absolute Gasteiger partial charge is 0.370 e. The van der Waals surface area contributed by atoms with Crippen molar-refractivity contribution in [3.63, 3.8) is 0 Å². The molecule has 1 aromatic heterocycles. The molecule has 1 atom stereocenters. The monoisotopic (exact) mass is 296 g/mol. The molecule has 1 aliphatic rings. The molecule has 0 N–H and O–H groups in total. The molecule has 0 aromatic carbocycles. The van der Waals surface area contributed by atoms with E-state index in [1.165, 1.54) is 0 Å². The summed E-state index contributed by atoms with van der Waals surface area (Å²) < 4.78 is 5.96. The maximum Gasteiger partial charge on any atom is 0.160 e. The zero-order chi connectivity index (χ0) is 10.1. The fraction of sp³-hybridized carbons (Fsp3) is 0.500. The van der Waals surface area contributed by atoms with E-state index in [-0.39, 0.29) is 6.10 Å². The van der Waals surface area contributed by atoms with E-state index in [9.17, 15) is 0 Å². The van der Waals surface area contributed by atoms with Crippen molar-refractivity contribution in [1.29, 1.82) is 0 Å². The van der Waals surface area contributed by atoms with Gasteiger partial charge in [-0.25, -0.2) is 9.97 Å². The number of ether oxygens (including phenoxy) is 1. The SMILES string of the molecule is Clc1nc(C2CCCO2)nc(Cl)c1Br. The Hall–Kier alpha value is 0.1000. The van der Waals surface area contributed by atoms with E-state index in [1.807, 2.05) is 0 Å². The Morgan fingerprint density at radius 1 is 1.29 bits per heavy atom. The van der Waals surface area contributed by atoms with Crippen LogP contribution in [0.15, 0.2) is 4.47 Å². The quantitative estimate of drug-likeness (QED) is 0.745. The summed E-state index contributed by atoms with van der Waals surface area (Å²) in [6, 6.07) is 0. The summed E-state index contributed by atoms with van der Waals surface area (Å²) in [6.07, 6.45) is 1.89. The molecule has 14 heavy (non-hydrogen) atoms. The van der Waals surface area contributed by atoms with Gasteiger partial charge in [0.2, 0.25) is 0 Å². The molecule has 1 aliphatic heterocycles. The molecule has 0 bridgehead atoms. The molecule has 1 fully saturated rings. The highest BCUT2D eigenvalue weighted by atomic mass is 79.9. The number of halogens is 3. The minimum atomic E-state index is -0.0573. The van der Waals surface area contributed by atoms with Crippen LogP contribution < -0.4 is 0 Å². The summed E-state index contributed by atoms with van der Waals surface area (Å²) in [5.74, 6) is 0.570. The Morgan fingerprint density at radius 2 is 1.93 bits per heavy atom. The topological polar surface area (TPSA) is 35.0 Å². The fourth-order valence-corrected chi connectivity index (χ4v) is 1.91. The van der Waals surface area contributed by atoms with Crippen LogP contribution in [0.4, 0.5) is 0 Å². The number of hydrogen-bond donors (Lipinski definition) is 0. The van der Waals surface area contributed by atoms with Gasteiger partial charge >= 0.3 is 0 Å². The molecule has 2 rings (SSSR count). The summed E-state index contributed by atoms with van der Waals surface area (Å²) in [5, 5.41) is 0.658. The van der Waals surface area contributed by atoms with Crippen LogP contribution >= 0.6 is 39.1 Å². The molecule has 3 nitrogen and oxygen atoms in total. The number of hydrogen-bond acceptors (Lipinski definition) is 3. The van der Waals surface area contributed by atoms with Crippen molar-refractivity contribution < 1.29 is 4.74 Å². The Bertz CT molecular complexity index is 332. The first-order valence-corrected chi connectivity index (χ1v) is 5.73. The van der Waals surface area contributed by atoms with Gasteiger partial charge in [-0.05, 0) is 28.8 Å². The first-order chi connectivity index (χ1) is 6.68. The predicted molar refractivity (Wildman–Crippen MR) is 57.7 cm³/mol. The summed E-state index contributed by atoms with van der Waals surface area (Å²) >= 11 is 14.9. The lowest BCUT2D eigenvalue weighted by atomic mass is 10.2. The molecule has 1 unspecified atom stereocenters. The van der Waals surface area contributed by atoms with Crippen molar-refractivity contribution >= 4 is 39.1 Å². The summed E-state index contributed by atoms with van der Waals surface area (Å²) in [6.45, 7) is 0.749. The van der Waals surface area contributed by atoms with Crippen molar-refractivity contribution in [3.05, 3.63) is 20.6 Å². The van der Waals surface area contributed by atoms with Crippen molar-refractivity contribution in [2.24, 2.45) is 0 Å². The van der Waals surface area contributed by atoms with Crippen LogP contribution in [0.3, 0.4) is 0 Å². The minimum Gasteiger partial charge on any atom is -0.370 e. The smallest absolute Gasteiger partial charge is 0.160 e. The maximum atomic E-state index is 5.86. The van der Waals surface area contributed by atoms with E-state index in [2.05, 4.69) is 25.9 Å². The molecular weight excluding hydrogens is 291 g/mol. The predicted octanol–water partition coefficient (Wildman–Crippen LogP) is 3.40. The van der Waals surface area contributed by atoms with Crippen molar-refractivity contribution in [2.75, 3.05) is 6.61 Å². The Balaban J connectivity index is 2.34. The highest BCUT2D eigenvalue weighted by Crippen LogP contribution is 2.32. The molecule has 1 saturated heterocycles. The van der Waals surface area contributed by atoms with Gasteiger partial charge in [-0.3, -0.25) is 0 Å². The lowest BCUT2D eigenvalue weighted by molar-refractivity contribution is 0.105. The lowest BCUT2D eigenvalue weighted by Gasteiger charge is -2.08. The zero-order valence-corrected chi connectivity index (χ0v) is 10.2. The van der Waals surface area contributed by atoms with Crippen molar-refractivity contribution in [3.8, 4) is 0 Å². The van der Waals surface area contributed by atoms with Gasteiger partial charge in [0.05, 0.1) is 4.47 Å². The van der Waals surface area contributed by atoms with Crippen LogP contribution in [0.25, 0.3) is 0 Å². The molecule has 0 aliphatic carbocycles. The molecule has 0 spiro atoms. The van der Waals surface area contributed by atoms with E-state index in [4.69, 9.17) is 27.9 Å². The second-order valence-electron chi connectivity index (χ2n) is 2.98. The van der Waals surface area contributed by atoms with Crippen LogP contribution in [0.2, 0.25) is 10.3 Å². The highest BCUT2D eigenvalue weighted by molar-refractivity contribution is 9.10. The number of nitrogens with zero attached hydrogens (tertiary/aromatic N) is 2. The first-order valence-electron chi connectivity index (χ1n) is 4.18. The van der Waals surface area contributed by atoms with Gasteiger partial charge in [0.15, 0.2) is 5.82 Å². The fourth-order valence-electron chi connectivity index (χ4n) is 1.33. The average Bonchev–Trinajstić information content (AvgIpc) is 2.66. The Kier molecular flexibility index (Phi) is 3.27. The van der Waals surface area contributed by atoms with E-state index < -0.39 is 0 Å². The van der Waals surface area contributed by atoms with Gasteiger partial charge in [-0.2, -0.15) is 0 Å². The molecule has 0 saturated carbocycles. The molecule has 0 amide bonds. The highest BCUT2D eigenvalue weighted by Gasteiger charge is 2.22. The zero-order valence-electron chi connectivity index (χ0n) is 7.14. The van der Waals surface area contributed by atoms with Gasteiger partial charge in [0.25, 0.3) is 0 Å². The molecule has 1 aromatic rings. The third-order valence-corrected chi connectivity index (χ3v) is 3.76. The summed E-state index contributed by atoms with van der Waals surface area (Å²) in [4.78, 5) is 8.23. The summed E-state index contributed by atoms with van der Waals surface area (Å²) in [7, 11) is 0. The normalized spacial score (nSPS) is 21.5. The first kappa shape index (κ1) is 10.6. The summed E-state index contributed by atoms with van der Waals surface area (Å²) in [5.41, 5.74) is 0. The van der Waals surface area contributed by atoms with Gasteiger partial charge in [0.1, 0.15) is 16.4 Å². The molecule has 2 heterocycles. The van der Waals surface area contributed by atoms with Crippen LogP contribution in [-0.4, -0.2) is 16.6 Å². The van der Waals surface area contributed by atoms with Crippen LogP contribution in [0.1, 0.15) is 24.8 Å². The van der Waals surface area contributed by atoms with Crippen LogP contribution in [0, 0.1) is 0 Å². The van der Waals surface area contributed by atoms with Crippen molar-refractivity contribution in [1.82, 2.24) is 9.97 Å². The number of aromatic nitrogens is 2. The standard InChI is InChI=1S/C8H7BrCl2N2O/c9-5-6(10)12-8(13-7(5)11)4-2-1-3-14-4/h4H,1-3H2. The second-order valence-corrected chi connectivity index (χ2v) is 4.49. The van der Waals surface area contributed by atoms with Gasteiger partial charge in [-0.15, -0.1) is 0 Å². The minimum absolute atomic E-state index is 0.0573. The van der Waals surface area contributed by atoms with E-state index in [0.29, 0.717) is 20.6 Å². The van der Waals surface area contributed by atoms with E-state index in [0.717, 1.165) is 19.4 Å². The second kappa shape index (κ2) is 4.31. The van der Waals surface area contributed by atoms with Gasteiger partial charge < -0.3 is 4.74 Å². The Morgan fingerprint density at radius 3 is 2.43 bits per heavy atom. The third-order valence-electron chi connectivity index (χ3n) is 2.01. The van der Waals surface area contributed by atoms with Crippen molar-refractivity contribution in [2.45, 2.75) is 18.9 Å². The number of rotatable bonds is 1. The molecule has 76 valence electrons. The molecular formula is C8H7BrCl2N2O. The average molecular weight is 298 g/mol. The lowest BCUT2D eigenvalue weighted by Crippen LogP contribution is -2.03. The van der Waals surface area contributed by atoms with Gasteiger partial charge in [0, 0.05) is 6.61 Å². The van der Waals surface area contributed by atoms with Crippen LogP contribution in [0.5, 0.6) is 0 Å². The molecule has 6 heteroatoms. The Labute approximate surface area is 99.9 Å². The van der Waals surface area contributed by atoms with E-state index >= 15 is 0 Å². The van der Waals surface area contributed by atoms with Crippen LogP contribution in [-0.2, 0) is 4.74 Å². The van der Waals surface area contributed by atoms with E-state index in [1.54, 1.807) is 0 Å². The third kappa shape index (κ3) is 2.03. The molecule has 0 radical (unpaired) electrons. The maximum absolute atomic E-state index is 5.86.